The van der Waals surface area contributed by atoms with E-state index in [2.05, 4.69) is 56.1 Å². The molecule has 1 saturated heterocycles. The van der Waals surface area contributed by atoms with Crippen LogP contribution in [0.25, 0.3) is 0 Å². The average molecular weight is 307 g/mol. The van der Waals surface area contributed by atoms with Crippen molar-refractivity contribution in [3.63, 3.8) is 0 Å². The number of hydrogen-bond donors (Lipinski definition) is 1. The number of aryl methyl sites for hydroxylation is 1. The van der Waals surface area contributed by atoms with Gasteiger partial charge in [0.1, 0.15) is 0 Å². The lowest BCUT2D eigenvalue weighted by Gasteiger charge is -2.51. The Hall–Kier alpha value is -0.570. The summed E-state index contributed by atoms with van der Waals surface area (Å²) in [6.07, 6.45) is 2.76. The molecule has 21 heavy (non-hydrogen) atoms. The van der Waals surface area contributed by atoms with Crippen molar-refractivity contribution in [3.8, 4) is 0 Å². The van der Waals surface area contributed by atoms with Gasteiger partial charge < -0.3 is 5.32 Å². The molecule has 0 spiro atoms. The van der Waals surface area contributed by atoms with Crippen LogP contribution in [-0.4, -0.2) is 29.1 Å². The van der Waals surface area contributed by atoms with Crippen molar-refractivity contribution in [2.24, 2.45) is 5.92 Å². The van der Waals surface area contributed by atoms with Crippen LogP contribution in [-0.2, 0) is 6.54 Å². The van der Waals surface area contributed by atoms with Crippen molar-refractivity contribution in [2.75, 3.05) is 13.1 Å². The molecule has 116 valence electrons. The van der Waals surface area contributed by atoms with Crippen LogP contribution < -0.4 is 5.32 Å². The zero-order valence-electron chi connectivity index (χ0n) is 13.7. The first-order valence-corrected chi connectivity index (χ1v) is 8.43. The Labute approximate surface area is 133 Å². The molecule has 1 heterocycles. The molecule has 0 radical (unpaired) electrons. The van der Waals surface area contributed by atoms with Gasteiger partial charge in [-0.05, 0) is 63.6 Å². The van der Waals surface area contributed by atoms with Crippen LogP contribution in [0.4, 0.5) is 0 Å². The Morgan fingerprint density at radius 1 is 1.29 bits per heavy atom. The summed E-state index contributed by atoms with van der Waals surface area (Å²) in [6, 6.07) is 6.42. The Bertz CT molecular complexity index is 536. The van der Waals surface area contributed by atoms with Crippen molar-refractivity contribution < 1.29 is 0 Å². The summed E-state index contributed by atoms with van der Waals surface area (Å²) in [5.74, 6) is 0.851. The maximum absolute atomic E-state index is 6.45. The molecule has 2 nitrogen and oxygen atoms in total. The zero-order valence-corrected chi connectivity index (χ0v) is 14.4. The van der Waals surface area contributed by atoms with E-state index in [0.29, 0.717) is 0 Å². The summed E-state index contributed by atoms with van der Waals surface area (Å²) in [4.78, 5) is 2.61. The normalized spacial score (nSPS) is 29.6. The first kappa shape index (κ1) is 15.3. The highest BCUT2D eigenvalue weighted by Gasteiger charge is 2.48. The number of nitrogens with one attached hydrogen (secondary N) is 1. The molecule has 1 aliphatic heterocycles. The number of piperazine rings is 1. The Balaban J connectivity index is 1.80. The van der Waals surface area contributed by atoms with Gasteiger partial charge in [-0.3, -0.25) is 4.90 Å². The highest BCUT2D eigenvalue weighted by atomic mass is 35.5. The third kappa shape index (κ3) is 3.13. The van der Waals surface area contributed by atoms with Gasteiger partial charge in [-0.1, -0.05) is 23.7 Å². The lowest BCUT2D eigenvalue weighted by atomic mass is 9.86. The van der Waals surface area contributed by atoms with E-state index < -0.39 is 0 Å². The SMILES string of the molecule is Cc1ccc(CN2CC(C)(C3CC3)NCC2(C)C)c(Cl)c1. The van der Waals surface area contributed by atoms with Crippen LogP contribution in [0.2, 0.25) is 5.02 Å². The molecule has 1 aliphatic carbocycles. The van der Waals surface area contributed by atoms with Gasteiger partial charge in [0.05, 0.1) is 0 Å². The Morgan fingerprint density at radius 2 is 2.00 bits per heavy atom. The van der Waals surface area contributed by atoms with Crippen LogP contribution in [0.15, 0.2) is 18.2 Å². The van der Waals surface area contributed by atoms with Gasteiger partial charge in [-0.2, -0.15) is 0 Å². The largest absolute Gasteiger partial charge is 0.308 e. The van der Waals surface area contributed by atoms with Gasteiger partial charge in [-0.25, -0.2) is 0 Å². The highest BCUT2D eigenvalue weighted by Crippen LogP contribution is 2.43. The zero-order chi connectivity index (χ0) is 15.3. The lowest BCUT2D eigenvalue weighted by Crippen LogP contribution is -2.67. The molecule has 1 aromatic carbocycles. The van der Waals surface area contributed by atoms with Crippen molar-refractivity contribution in [2.45, 2.75) is 58.2 Å². The molecule has 0 bridgehead atoms. The number of rotatable bonds is 3. The second kappa shape index (κ2) is 5.26. The second-order valence-electron chi connectivity index (χ2n) is 7.81. The van der Waals surface area contributed by atoms with Gasteiger partial charge in [0.2, 0.25) is 0 Å². The summed E-state index contributed by atoms with van der Waals surface area (Å²) in [6.45, 7) is 12.2. The van der Waals surface area contributed by atoms with E-state index in [1.165, 1.54) is 24.0 Å². The van der Waals surface area contributed by atoms with Crippen molar-refractivity contribution >= 4 is 11.6 Å². The third-order valence-electron chi connectivity index (χ3n) is 5.35. The minimum absolute atomic E-state index is 0.169. The minimum atomic E-state index is 0.169. The standard InChI is InChI=1S/C18H27ClN2/c1-13-5-6-14(16(19)9-13)10-21-12-18(4,15-7-8-15)20-11-17(21,2)3/h5-6,9,15,20H,7-8,10-12H2,1-4H3. The topological polar surface area (TPSA) is 15.3 Å². The molecule has 3 heteroatoms. The van der Waals surface area contributed by atoms with Crippen LogP contribution in [0.1, 0.15) is 44.7 Å². The van der Waals surface area contributed by atoms with Crippen molar-refractivity contribution in [1.29, 1.82) is 0 Å². The summed E-state index contributed by atoms with van der Waals surface area (Å²) in [7, 11) is 0. The van der Waals surface area contributed by atoms with E-state index in [1.807, 2.05) is 0 Å². The fourth-order valence-electron chi connectivity index (χ4n) is 3.45. The molecular weight excluding hydrogens is 280 g/mol. The molecule has 1 N–H and O–H groups in total. The fourth-order valence-corrected chi connectivity index (χ4v) is 3.74. The van der Waals surface area contributed by atoms with E-state index >= 15 is 0 Å². The van der Waals surface area contributed by atoms with Gasteiger partial charge in [0.25, 0.3) is 0 Å². The average Bonchev–Trinajstić information content (AvgIpc) is 3.22. The van der Waals surface area contributed by atoms with Gasteiger partial charge in [0, 0.05) is 35.7 Å². The van der Waals surface area contributed by atoms with E-state index in [9.17, 15) is 0 Å². The van der Waals surface area contributed by atoms with Gasteiger partial charge in [0.15, 0.2) is 0 Å². The van der Waals surface area contributed by atoms with Gasteiger partial charge in [-0.15, -0.1) is 0 Å². The molecule has 1 unspecified atom stereocenters. The van der Waals surface area contributed by atoms with Gasteiger partial charge >= 0.3 is 0 Å². The van der Waals surface area contributed by atoms with Crippen molar-refractivity contribution in [3.05, 3.63) is 34.3 Å². The molecule has 1 atom stereocenters. The maximum atomic E-state index is 6.45. The molecule has 2 fully saturated rings. The third-order valence-corrected chi connectivity index (χ3v) is 5.70. The molecule has 0 aromatic heterocycles. The van der Waals surface area contributed by atoms with E-state index in [0.717, 1.165) is 30.6 Å². The van der Waals surface area contributed by atoms with Crippen LogP contribution in [0.3, 0.4) is 0 Å². The summed E-state index contributed by atoms with van der Waals surface area (Å²) in [5, 5.41) is 4.71. The molecule has 1 saturated carbocycles. The van der Waals surface area contributed by atoms with Crippen LogP contribution in [0, 0.1) is 12.8 Å². The lowest BCUT2D eigenvalue weighted by molar-refractivity contribution is 0.0178. The molecule has 0 amide bonds. The predicted molar refractivity (Wildman–Crippen MR) is 89.8 cm³/mol. The van der Waals surface area contributed by atoms with Crippen LogP contribution >= 0.6 is 11.6 Å². The number of hydrogen-bond acceptors (Lipinski definition) is 2. The number of nitrogens with zero attached hydrogens (tertiary/aromatic N) is 1. The number of halogens is 1. The molecule has 2 aliphatic rings. The van der Waals surface area contributed by atoms with Crippen molar-refractivity contribution in [1.82, 2.24) is 10.2 Å². The summed E-state index contributed by atoms with van der Waals surface area (Å²) in [5.41, 5.74) is 2.91. The Kier molecular flexibility index (Phi) is 3.84. The minimum Gasteiger partial charge on any atom is -0.308 e. The first-order valence-electron chi connectivity index (χ1n) is 8.05. The predicted octanol–water partition coefficient (Wildman–Crippen LogP) is 4.00. The summed E-state index contributed by atoms with van der Waals surface area (Å²) >= 11 is 6.45. The molecule has 3 rings (SSSR count). The summed E-state index contributed by atoms with van der Waals surface area (Å²) < 4.78 is 0. The van der Waals surface area contributed by atoms with E-state index in [-0.39, 0.29) is 11.1 Å². The smallest absolute Gasteiger partial charge is 0.0453 e. The highest BCUT2D eigenvalue weighted by molar-refractivity contribution is 6.31. The van der Waals surface area contributed by atoms with E-state index in [1.54, 1.807) is 0 Å². The van der Waals surface area contributed by atoms with Crippen LogP contribution in [0.5, 0.6) is 0 Å². The Morgan fingerprint density at radius 3 is 2.62 bits per heavy atom. The first-order chi connectivity index (χ1) is 9.80. The number of benzene rings is 1. The molecular formula is C18H27ClN2. The second-order valence-corrected chi connectivity index (χ2v) is 8.22. The van der Waals surface area contributed by atoms with E-state index in [4.69, 9.17) is 11.6 Å². The monoisotopic (exact) mass is 306 g/mol. The maximum Gasteiger partial charge on any atom is 0.0453 e. The fraction of sp³-hybridized carbons (Fsp3) is 0.667. The quantitative estimate of drug-likeness (QED) is 0.908. The molecule has 1 aromatic rings.